The third-order valence-corrected chi connectivity index (χ3v) is 1.33. The highest BCUT2D eigenvalue weighted by Crippen LogP contribution is 1.99. The Morgan fingerprint density at radius 3 is 3.00 bits per heavy atom. The number of nitrogens with zero attached hydrogens (tertiary/aromatic N) is 2. The van der Waals surface area contributed by atoms with Crippen molar-refractivity contribution in [3.8, 4) is 0 Å². The Hall–Kier alpha value is -0.830. The first-order chi connectivity index (χ1) is 4.47. The lowest BCUT2D eigenvalue weighted by atomic mass is 10.5. The predicted octanol–water partition coefficient (Wildman–Crippen LogP) is 1.91. The summed E-state index contributed by atoms with van der Waals surface area (Å²) in [5.74, 6) is 0. The maximum Gasteiger partial charge on any atom is 0.0990 e. The van der Waals surface area contributed by atoms with Crippen LogP contribution in [0.3, 0.4) is 0 Å². The molecule has 52 valence electrons. The molecule has 2 nitrogen and oxygen atoms in total. The molecule has 3 heteroatoms. The second-order valence-corrected chi connectivity index (χ2v) is 1.92. The minimum atomic E-state index is 0. The molecule has 0 fully saturated rings. The fraction of sp³-hybridized carbons (Fsp3) is 0. The average molecular weight is 199 g/mol. The van der Waals surface area contributed by atoms with Crippen molar-refractivity contribution < 1.29 is 0 Å². The summed E-state index contributed by atoms with van der Waals surface area (Å²) in [6, 6.07) is 6.01. The molecule has 2 heterocycles. The summed E-state index contributed by atoms with van der Waals surface area (Å²) < 4.78 is 1.97. The molecular weight excluding hydrogens is 192 g/mol. The molecule has 0 aliphatic carbocycles. The minimum Gasteiger partial charge on any atom is -0.308 e. The van der Waals surface area contributed by atoms with Gasteiger partial charge in [0, 0.05) is 17.9 Å². The largest absolute Gasteiger partial charge is 0.308 e. The first kappa shape index (κ1) is 7.28. The molecule has 0 radical (unpaired) electrons. The zero-order chi connectivity index (χ0) is 6.10. The van der Waals surface area contributed by atoms with Crippen LogP contribution in [-0.4, -0.2) is 9.38 Å². The van der Waals surface area contributed by atoms with Gasteiger partial charge in [0.15, 0.2) is 0 Å². The van der Waals surface area contributed by atoms with Crippen LogP contribution >= 0.6 is 17.0 Å². The topological polar surface area (TPSA) is 17.3 Å². The van der Waals surface area contributed by atoms with Crippen LogP contribution < -0.4 is 0 Å². The van der Waals surface area contributed by atoms with Gasteiger partial charge in [0.05, 0.1) is 6.33 Å². The highest BCUT2D eigenvalue weighted by atomic mass is 79.9. The first-order valence-electron chi connectivity index (χ1n) is 2.83. The number of fused-ring (bicyclic) bond motifs is 1. The van der Waals surface area contributed by atoms with E-state index < -0.39 is 0 Å². The number of hydrogen-bond acceptors (Lipinski definition) is 1. The van der Waals surface area contributed by atoms with Gasteiger partial charge in [0.25, 0.3) is 0 Å². The molecule has 0 bridgehead atoms. The summed E-state index contributed by atoms with van der Waals surface area (Å²) in [6.45, 7) is 0. The van der Waals surface area contributed by atoms with Crippen molar-refractivity contribution in [3.05, 3.63) is 36.9 Å². The van der Waals surface area contributed by atoms with Crippen LogP contribution in [0.4, 0.5) is 0 Å². The van der Waals surface area contributed by atoms with E-state index in [9.17, 15) is 0 Å². The molecule has 10 heavy (non-hydrogen) atoms. The van der Waals surface area contributed by atoms with Crippen molar-refractivity contribution in [1.82, 2.24) is 9.38 Å². The van der Waals surface area contributed by atoms with E-state index in [1.165, 1.54) is 5.52 Å². The average Bonchev–Trinajstić information content (AvgIpc) is 2.33. The molecule has 2 rings (SSSR count). The first-order valence-corrected chi connectivity index (χ1v) is 2.83. The molecular formula is C7H7BrN2. The summed E-state index contributed by atoms with van der Waals surface area (Å²) in [5, 5.41) is 0. The molecule has 0 unspecified atom stereocenters. The molecule has 0 aliphatic heterocycles. The van der Waals surface area contributed by atoms with Gasteiger partial charge in [-0.15, -0.1) is 17.0 Å². The van der Waals surface area contributed by atoms with Crippen LogP contribution in [0.2, 0.25) is 0 Å². The number of rotatable bonds is 0. The SMILES string of the molecule is Br.c1cc2ccncn2c1. The van der Waals surface area contributed by atoms with Gasteiger partial charge in [0.1, 0.15) is 0 Å². The van der Waals surface area contributed by atoms with E-state index in [0.29, 0.717) is 0 Å². The molecule has 0 amide bonds. The van der Waals surface area contributed by atoms with Crippen LogP contribution in [-0.2, 0) is 0 Å². The quantitative estimate of drug-likeness (QED) is 0.633. The molecule has 0 atom stereocenters. The van der Waals surface area contributed by atoms with Crippen molar-refractivity contribution in [2.75, 3.05) is 0 Å². The third kappa shape index (κ3) is 1.04. The van der Waals surface area contributed by atoms with Crippen molar-refractivity contribution >= 4 is 22.5 Å². The van der Waals surface area contributed by atoms with Gasteiger partial charge in [-0.25, -0.2) is 4.98 Å². The Balaban J connectivity index is 0.000000500. The normalized spacial score (nSPS) is 9.20. The Morgan fingerprint density at radius 1 is 1.30 bits per heavy atom. The second-order valence-electron chi connectivity index (χ2n) is 1.92. The molecule has 2 aromatic rings. The standard InChI is InChI=1S/C7H6N2.BrH/c1-2-7-3-4-8-6-9(7)5-1;/h1-6H;1H. The minimum absolute atomic E-state index is 0. The Kier molecular flexibility index (Phi) is 2.06. The van der Waals surface area contributed by atoms with Crippen LogP contribution in [0.25, 0.3) is 5.52 Å². The summed E-state index contributed by atoms with van der Waals surface area (Å²) in [6.07, 6.45) is 5.55. The lowest BCUT2D eigenvalue weighted by Gasteiger charge is -1.87. The Morgan fingerprint density at radius 2 is 2.20 bits per heavy atom. The van der Waals surface area contributed by atoms with Crippen LogP contribution in [0.1, 0.15) is 0 Å². The summed E-state index contributed by atoms with van der Waals surface area (Å²) >= 11 is 0. The van der Waals surface area contributed by atoms with E-state index in [2.05, 4.69) is 4.98 Å². The summed E-state index contributed by atoms with van der Waals surface area (Å²) in [7, 11) is 0. The molecule has 0 N–H and O–H groups in total. The number of aromatic nitrogens is 2. The molecule has 0 saturated carbocycles. The van der Waals surface area contributed by atoms with Crippen LogP contribution in [0.5, 0.6) is 0 Å². The number of halogens is 1. The monoisotopic (exact) mass is 198 g/mol. The van der Waals surface area contributed by atoms with Crippen molar-refractivity contribution in [3.63, 3.8) is 0 Å². The van der Waals surface area contributed by atoms with E-state index >= 15 is 0 Å². The van der Waals surface area contributed by atoms with E-state index in [1.807, 2.05) is 28.8 Å². The molecule has 0 aliphatic rings. The molecule has 0 saturated heterocycles. The van der Waals surface area contributed by atoms with Crippen LogP contribution in [0, 0.1) is 0 Å². The van der Waals surface area contributed by atoms with E-state index in [1.54, 1.807) is 12.5 Å². The molecule has 0 spiro atoms. The molecule has 0 aromatic carbocycles. The Bertz CT molecular complexity index is 286. The maximum atomic E-state index is 3.95. The van der Waals surface area contributed by atoms with Crippen molar-refractivity contribution in [1.29, 1.82) is 0 Å². The van der Waals surface area contributed by atoms with E-state index in [4.69, 9.17) is 0 Å². The highest BCUT2D eigenvalue weighted by molar-refractivity contribution is 8.93. The Labute approximate surface area is 69.3 Å². The van der Waals surface area contributed by atoms with E-state index in [0.717, 1.165) is 0 Å². The fourth-order valence-electron chi connectivity index (χ4n) is 0.883. The predicted molar refractivity (Wildman–Crippen MR) is 45.5 cm³/mol. The summed E-state index contributed by atoms with van der Waals surface area (Å²) in [4.78, 5) is 3.95. The summed E-state index contributed by atoms with van der Waals surface area (Å²) in [5.41, 5.74) is 1.19. The fourth-order valence-corrected chi connectivity index (χ4v) is 0.883. The van der Waals surface area contributed by atoms with Gasteiger partial charge in [-0.3, -0.25) is 0 Å². The van der Waals surface area contributed by atoms with Crippen molar-refractivity contribution in [2.45, 2.75) is 0 Å². The lowest BCUT2D eigenvalue weighted by Crippen LogP contribution is -1.80. The highest BCUT2D eigenvalue weighted by Gasteiger charge is 1.84. The van der Waals surface area contributed by atoms with Gasteiger partial charge in [-0.05, 0) is 18.2 Å². The van der Waals surface area contributed by atoms with Gasteiger partial charge in [-0.1, -0.05) is 0 Å². The van der Waals surface area contributed by atoms with Crippen molar-refractivity contribution in [2.24, 2.45) is 0 Å². The van der Waals surface area contributed by atoms with Gasteiger partial charge in [0.2, 0.25) is 0 Å². The molecule has 2 aromatic heterocycles. The third-order valence-electron chi connectivity index (χ3n) is 1.33. The van der Waals surface area contributed by atoms with E-state index in [-0.39, 0.29) is 17.0 Å². The zero-order valence-corrected chi connectivity index (χ0v) is 6.98. The lowest BCUT2D eigenvalue weighted by molar-refractivity contribution is 1.10. The van der Waals surface area contributed by atoms with Crippen LogP contribution in [0.15, 0.2) is 36.9 Å². The van der Waals surface area contributed by atoms with Gasteiger partial charge < -0.3 is 4.40 Å². The number of hydrogen-bond donors (Lipinski definition) is 0. The van der Waals surface area contributed by atoms with Gasteiger partial charge in [-0.2, -0.15) is 0 Å². The maximum absolute atomic E-state index is 3.95. The second kappa shape index (κ2) is 2.84. The zero-order valence-electron chi connectivity index (χ0n) is 5.27. The van der Waals surface area contributed by atoms with Gasteiger partial charge >= 0.3 is 0 Å². The smallest absolute Gasteiger partial charge is 0.0990 e.